The Labute approximate surface area is 179 Å². The van der Waals surface area contributed by atoms with Crippen LogP contribution in [0.15, 0.2) is 89.3 Å². The molecule has 1 heterocycles. The van der Waals surface area contributed by atoms with Crippen molar-refractivity contribution >= 4 is 23.0 Å². The Morgan fingerprint density at radius 2 is 1.61 bits per heavy atom. The Hall–Kier alpha value is -4.06. The number of carbonyl (C=O) groups is 2. The maximum absolute atomic E-state index is 12.2. The maximum Gasteiger partial charge on any atom is 0.408 e. The summed E-state index contributed by atoms with van der Waals surface area (Å²) in [7, 11) is 0. The Morgan fingerprint density at radius 1 is 0.903 bits per heavy atom. The highest BCUT2D eigenvalue weighted by Crippen LogP contribution is 2.28. The van der Waals surface area contributed by atoms with Crippen LogP contribution < -0.4 is 5.32 Å². The molecule has 1 atom stereocenters. The molecule has 1 amide bonds. The fraction of sp³-hybridized carbons (Fsp3) is 0.120. The summed E-state index contributed by atoms with van der Waals surface area (Å²) in [6, 6.07) is 25.3. The number of amides is 1. The molecule has 156 valence electrons. The summed E-state index contributed by atoms with van der Waals surface area (Å²) in [6.45, 7) is 0.0191. The van der Waals surface area contributed by atoms with Gasteiger partial charge >= 0.3 is 12.1 Å². The van der Waals surface area contributed by atoms with Crippen molar-refractivity contribution in [2.45, 2.75) is 19.1 Å². The lowest BCUT2D eigenvalue weighted by molar-refractivity contribution is -0.139. The average molecular weight is 415 g/mol. The summed E-state index contributed by atoms with van der Waals surface area (Å²) in [5, 5.41) is 12.7. The highest BCUT2D eigenvalue weighted by molar-refractivity contribution is 5.83. The molecule has 0 aliphatic heterocycles. The van der Waals surface area contributed by atoms with E-state index in [1.807, 2.05) is 84.9 Å². The lowest BCUT2D eigenvalue weighted by atomic mass is 10.1. The fourth-order valence-corrected chi connectivity index (χ4v) is 3.31. The molecule has 6 heteroatoms. The standard InChI is InChI=1S/C25H21NO5/c27-24(28)21(14-17-7-3-1-4-8-17)26-25(29)30-16-18-11-12-22-20(13-18)15-23(31-22)19-9-5-2-6-10-19/h1-13,15,21H,14,16H2,(H,26,29)(H,27,28)/t21-/m1/s1. The molecule has 2 N–H and O–H groups in total. The normalized spacial score (nSPS) is 11.7. The highest BCUT2D eigenvalue weighted by atomic mass is 16.5. The number of hydrogen-bond donors (Lipinski definition) is 2. The minimum absolute atomic E-state index is 0.0191. The number of aliphatic carboxylic acids is 1. The second-order valence-electron chi connectivity index (χ2n) is 7.15. The number of carboxylic acids is 1. The molecule has 31 heavy (non-hydrogen) atoms. The maximum atomic E-state index is 12.2. The topological polar surface area (TPSA) is 88.8 Å². The molecule has 4 rings (SSSR count). The lowest BCUT2D eigenvalue weighted by Gasteiger charge is -2.14. The van der Waals surface area contributed by atoms with Crippen LogP contribution in [0.2, 0.25) is 0 Å². The van der Waals surface area contributed by atoms with Crippen LogP contribution in [0.25, 0.3) is 22.3 Å². The summed E-state index contributed by atoms with van der Waals surface area (Å²) in [6.07, 6.45) is -0.602. The number of furan rings is 1. The van der Waals surface area contributed by atoms with Crippen LogP contribution in [0.5, 0.6) is 0 Å². The molecule has 3 aromatic carbocycles. The van der Waals surface area contributed by atoms with Crippen LogP contribution in [0.3, 0.4) is 0 Å². The number of carboxylic acid groups (broad SMARTS) is 1. The van der Waals surface area contributed by atoms with E-state index in [0.717, 1.165) is 33.4 Å². The fourth-order valence-electron chi connectivity index (χ4n) is 3.31. The van der Waals surface area contributed by atoms with Gasteiger partial charge in [-0.3, -0.25) is 0 Å². The molecule has 0 aliphatic rings. The number of carbonyl (C=O) groups excluding carboxylic acids is 1. The first kappa shape index (κ1) is 20.2. The number of alkyl carbamates (subject to hydrolysis) is 1. The average Bonchev–Trinajstić information content (AvgIpc) is 3.22. The summed E-state index contributed by atoms with van der Waals surface area (Å²) >= 11 is 0. The van der Waals surface area contributed by atoms with Crippen molar-refractivity contribution in [2.24, 2.45) is 0 Å². The van der Waals surface area contributed by atoms with Crippen LogP contribution >= 0.6 is 0 Å². The molecule has 0 unspecified atom stereocenters. The number of ether oxygens (including phenoxy) is 1. The third kappa shape index (κ3) is 5.11. The number of fused-ring (bicyclic) bond motifs is 1. The smallest absolute Gasteiger partial charge is 0.408 e. The summed E-state index contributed by atoms with van der Waals surface area (Å²) in [4.78, 5) is 23.7. The molecule has 0 aliphatic carbocycles. The first-order chi connectivity index (χ1) is 15.1. The van der Waals surface area contributed by atoms with Crippen molar-refractivity contribution in [3.8, 4) is 11.3 Å². The Bertz CT molecular complexity index is 1180. The summed E-state index contributed by atoms with van der Waals surface area (Å²) < 4.78 is 11.1. The quantitative estimate of drug-likeness (QED) is 0.442. The number of rotatable bonds is 7. The molecule has 6 nitrogen and oxygen atoms in total. The monoisotopic (exact) mass is 415 g/mol. The van der Waals surface area contributed by atoms with Gasteiger partial charge in [-0.1, -0.05) is 66.7 Å². The van der Waals surface area contributed by atoms with Crippen molar-refractivity contribution in [3.05, 3.63) is 96.1 Å². The zero-order valence-electron chi connectivity index (χ0n) is 16.7. The summed E-state index contributed by atoms with van der Waals surface area (Å²) in [5.74, 6) is -0.356. The number of benzene rings is 3. The number of nitrogens with one attached hydrogen (secondary N) is 1. The van der Waals surface area contributed by atoms with Crippen LogP contribution in [0.1, 0.15) is 11.1 Å². The molecule has 1 aromatic heterocycles. The van der Waals surface area contributed by atoms with E-state index in [9.17, 15) is 14.7 Å². The van der Waals surface area contributed by atoms with E-state index in [-0.39, 0.29) is 13.0 Å². The van der Waals surface area contributed by atoms with E-state index >= 15 is 0 Å². The van der Waals surface area contributed by atoms with Crippen molar-refractivity contribution in [1.82, 2.24) is 5.32 Å². The van der Waals surface area contributed by atoms with Crippen LogP contribution in [-0.2, 0) is 22.6 Å². The molecule has 4 aromatic rings. The highest BCUT2D eigenvalue weighted by Gasteiger charge is 2.21. The zero-order valence-corrected chi connectivity index (χ0v) is 16.7. The van der Waals surface area contributed by atoms with E-state index in [2.05, 4.69) is 5.32 Å². The minimum Gasteiger partial charge on any atom is -0.480 e. The molecule has 0 radical (unpaired) electrons. The van der Waals surface area contributed by atoms with Gasteiger partial charge in [0.2, 0.25) is 0 Å². The van der Waals surface area contributed by atoms with E-state index in [1.165, 1.54) is 0 Å². The Kier molecular flexibility index (Phi) is 5.98. The predicted octanol–water partition coefficient (Wildman–Crippen LogP) is 5.02. The molecule has 0 saturated carbocycles. The van der Waals surface area contributed by atoms with Crippen molar-refractivity contribution in [2.75, 3.05) is 0 Å². The second kappa shape index (κ2) is 9.17. The van der Waals surface area contributed by atoms with E-state index in [1.54, 1.807) is 0 Å². The number of hydrogen-bond acceptors (Lipinski definition) is 4. The van der Waals surface area contributed by atoms with E-state index < -0.39 is 18.1 Å². The van der Waals surface area contributed by atoms with Crippen molar-refractivity contribution in [3.63, 3.8) is 0 Å². The largest absolute Gasteiger partial charge is 0.480 e. The minimum atomic E-state index is -1.12. The predicted molar refractivity (Wildman–Crippen MR) is 117 cm³/mol. The summed E-state index contributed by atoms with van der Waals surface area (Å²) in [5.41, 5.74) is 3.31. The van der Waals surface area contributed by atoms with Gasteiger partial charge in [0.15, 0.2) is 0 Å². The zero-order chi connectivity index (χ0) is 21.6. The van der Waals surface area contributed by atoms with Crippen LogP contribution in [0, 0.1) is 0 Å². The Balaban J connectivity index is 1.38. The SMILES string of the molecule is O=C(N[C@H](Cc1ccccc1)C(=O)O)OCc1ccc2oc(-c3ccccc3)cc2c1. The van der Waals surface area contributed by atoms with Gasteiger partial charge in [0.25, 0.3) is 0 Å². The molecule has 0 bridgehead atoms. The third-order valence-corrected chi connectivity index (χ3v) is 4.88. The van der Waals surface area contributed by atoms with E-state index in [4.69, 9.17) is 9.15 Å². The van der Waals surface area contributed by atoms with Gasteiger partial charge in [0, 0.05) is 17.4 Å². The van der Waals surface area contributed by atoms with Gasteiger partial charge < -0.3 is 19.6 Å². The van der Waals surface area contributed by atoms with Crippen molar-refractivity contribution < 1.29 is 23.8 Å². The third-order valence-electron chi connectivity index (χ3n) is 4.88. The molecular weight excluding hydrogens is 394 g/mol. The molecule has 0 saturated heterocycles. The van der Waals surface area contributed by atoms with Crippen molar-refractivity contribution in [1.29, 1.82) is 0 Å². The Morgan fingerprint density at radius 3 is 2.32 bits per heavy atom. The first-order valence-corrected chi connectivity index (χ1v) is 9.86. The van der Waals surface area contributed by atoms with Gasteiger partial charge in [0.05, 0.1) is 0 Å². The van der Waals surface area contributed by atoms with Gasteiger partial charge in [-0.2, -0.15) is 0 Å². The molecule has 0 spiro atoms. The molecular formula is C25H21NO5. The molecule has 0 fully saturated rings. The van der Waals surface area contributed by atoms with Gasteiger partial charge in [-0.15, -0.1) is 0 Å². The van der Waals surface area contributed by atoms with Gasteiger partial charge in [-0.05, 0) is 29.3 Å². The van der Waals surface area contributed by atoms with E-state index in [0.29, 0.717) is 0 Å². The van der Waals surface area contributed by atoms with Crippen LogP contribution in [0.4, 0.5) is 4.79 Å². The second-order valence-corrected chi connectivity index (χ2v) is 7.15. The first-order valence-electron chi connectivity index (χ1n) is 9.86. The van der Waals surface area contributed by atoms with Crippen LogP contribution in [-0.4, -0.2) is 23.2 Å². The van der Waals surface area contributed by atoms with Gasteiger partial charge in [-0.25, -0.2) is 9.59 Å². The van der Waals surface area contributed by atoms with Gasteiger partial charge in [0.1, 0.15) is 24.0 Å². The lowest BCUT2D eigenvalue weighted by Crippen LogP contribution is -2.42.